The van der Waals surface area contributed by atoms with Crippen LogP contribution >= 0.6 is 0 Å². The molecular formula is C25H34O3. The Kier molecular flexibility index (Phi) is 6.92. The van der Waals surface area contributed by atoms with Crippen LogP contribution in [0.25, 0.3) is 6.08 Å². The summed E-state index contributed by atoms with van der Waals surface area (Å²) in [6.45, 7) is 13.9. The Morgan fingerprint density at radius 1 is 1.11 bits per heavy atom. The summed E-state index contributed by atoms with van der Waals surface area (Å²) in [5.74, 6) is -0.00487. The minimum Gasteiger partial charge on any atom is -0.493 e. The van der Waals surface area contributed by atoms with Crippen molar-refractivity contribution in [2.75, 3.05) is 6.61 Å². The van der Waals surface area contributed by atoms with E-state index in [9.17, 15) is 4.79 Å². The van der Waals surface area contributed by atoms with Crippen LogP contribution in [0.3, 0.4) is 0 Å². The second-order valence-corrected chi connectivity index (χ2v) is 9.00. The van der Waals surface area contributed by atoms with Crippen LogP contribution in [-0.4, -0.2) is 17.7 Å². The lowest BCUT2D eigenvalue weighted by Crippen LogP contribution is -2.34. The van der Waals surface area contributed by atoms with Crippen LogP contribution in [0.15, 0.2) is 42.0 Å². The number of hydrogen-bond acceptors (Lipinski definition) is 2. The molecular weight excluding hydrogens is 348 g/mol. The van der Waals surface area contributed by atoms with E-state index in [0.717, 1.165) is 17.7 Å². The van der Waals surface area contributed by atoms with Crippen LogP contribution in [0.2, 0.25) is 0 Å². The van der Waals surface area contributed by atoms with Gasteiger partial charge < -0.3 is 9.84 Å². The third kappa shape index (κ3) is 5.37. The quantitative estimate of drug-likeness (QED) is 0.437. The summed E-state index contributed by atoms with van der Waals surface area (Å²) in [7, 11) is 0. The maximum Gasteiger partial charge on any atom is 0.328 e. The Morgan fingerprint density at radius 2 is 1.71 bits per heavy atom. The summed E-state index contributed by atoms with van der Waals surface area (Å²) in [5.41, 5.74) is 4.86. The van der Waals surface area contributed by atoms with Crippen molar-refractivity contribution >= 4 is 12.0 Å². The molecule has 1 aliphatic carbocycles. The molecule has 0 amide bonds. The summed E-state index contributed by atoms with van der Waals surface area (Å²) in [4.78, 5) is 10.7. The lowest BCUT2D eigenvalue weighted by molar-refractivity contribution is -0.131. The zero-order chi connectivity index (χ0) is 20.9. The molecule has 0 heterocycles. The third-order valence-electron chi connectivity index (χ3n) is 5.54. The molecule has 3 heteroatoms. The molecule has 2 rings (SSSR count). The molecule has 3 nitrogen and oxygen atoms in total. The van der Waals surface area contributed by atoms with Gasteiger partial charge in [-0.05, 0) is 65.8 Å². The molecule has 1 aromatic carbocycles. The molecule has 1 N–H and O–H groups in total. The number of hydrogen-bond donors (Lipinski definition) is 1. The van der Waals surface area contributed by atoms with Crippen LogP contribution < -0.4 is 4.74 Å². The highest BCUT2D eigenvalue weighted by Crippen LogP contribution is 2.47. The number of benzene rings is 1. The Hall–Kier alpha value is -2.29. The highest BCUT2D eigenvalue weighted by Gasteiger charge is 2.37. The first-order valence-corrected chi connectivity index (χ1v) is 10.1. The van der Waals surface area contributed by atoms with E-state index in [1.807, 2.05) is 18.2 Å². The van der Waals surface area contributed by atoms with E-state index in [2.05, 4.69) is 46.8 Å². The first kappa shape index (κ1) is 22.0. The topological polar surface area (TPSA) is 46.5 Å². The number of carbonyl (C=O) groups is 1. The van der Waals surface area contributed by atoms with Crippen LogP contribution in [0.1, 0.15) is 77.5 Å². The minimum absolute atomic E-state index is 0.146. The van der Waals surface area contributed by atoms with Crippen molar-refractivity contribution in [1.82, 2.24) is 0 Å². The van der Waals surface area contributed by atoms with E-state index in [0.29, 0.717) is 12.2 Å². The first-order chi connectivity index (χ1) is 13.1. The molecule has 152 valence electrons. The van der Waals surface area contributed by atoms with Crippen molar-refractivity contribution in [2.45, 2.75) is 71.6 Å². The monoisotopic (exact) mass is 382 g/mol. The van der Waals surface area contributed by atoms with Gasteiger partial charge in [0, 0.05) is 11.6 Å². The van der Waals surface area contributed by atoms with E-state index in [-0.39, 0.29) is 10.8 Å². The van der Waals surface area contributed by atoms with Crippen molar-refractivity contribution in [3.8, 4) is 5.75 Å². The van der Waals surface area contributed by atoms with E-state index >= 15 is 0 Å². The van der Waals surface area contributed by atoms with Crippen molar-refractivity contribution in [3.05, 3.63) is 58.7 Å². The van der Waals surface area contributed by atoms with Gasteiger partial charge in [-0.3, -0.25) is 0 Å². The predicted molar refractivity (Wildman–Crippen MR) is 117 cm³/mol. The van der Waals surface area contributed by atoms with Crippen LogP contribution in [0, 0.1) is 0 Å². The summed E-state index contributed by atoms with van der Waals surface area (Å²) in [6, 6.07) is 4.52. The van der Waals surface area contributed by atoms with Crippen molar-refractivity contribution in [3.63, 3.8) is 0 Å². The Bertz CT molecular complexity index is 807. The molecule has 1 aliphatic rings. The lowest BCUT2D eigenvalue weighted by atomic mass is 9.63. The zero-order valence-corrected chi connectivity index (χ0v) is 18.1. The summed E-state index contributed by atoms with van der Waals surface area (Å²) in [6.07, 6.45) is 12.2. The molecule has 0 fully saturated rings. The van der Waals surface area contributed by atoms with E-state index < -0.39 is 5.97 Å². The van der Waals surface area contributed by atoms with Crippen molar-refractivity contribution in [1.29, 1.82) is 0 Å². The first-order valence-electron chi connectivity index (χ1n) is 10.1. The Labute approximate surface area is 169 Å². The molecule has 0 atom stereocenters. The SMILES string of the molecule is CCCOc1cc2c(cc1C=CC=CC(C)=CC(=O)O)C(C)(C)CCC2(C)C. The molecule has 0 aliphatic heterocycles. The van der Waals surface area contributed by atoms with Gasteiger partial charge in [-0.25, -0.2) is 4.79 Å². The zero-order valence-electron chi connectivity index (χ0n) is 18.1. The average Bonchev–Trinajstić information content (AvgIpc) is 2.60. The van der Waals surface area contributed by atoms with Gasteiger partial charge in [0.1, 0.15) is 5.75 Å². The number of fused-ring (bicyclic) bond motifs is 1. The van der Waals surface area contributed by atoms with Crippen molar-refractivity contribution in [2.24, 2.45) is 0 Å². The van der Waals surface area contributed by atoms with E-state index in [1.165, 1.54) is 30.0 Å². The van der Waals surface area contributed by atoms with Gasteiger partial charge in [0.25, 0.3) is 0 Å². The largest absolute Gasteiger partial charge is 0.493 e. The number of carboxylic acid groups (broad SMARTS) is 1. The van der Waals surface area contributed by atoms with E-state index in [1.54, 1.807) is 13.0 Å². The van der Waals surface area contributed by atoms with Gasteiger partial charge in [-0.15, -0.1) is 0 Å². The smallest absolute Gasteiger partial charge is 0.328 e. The van der Waals surface area contributed by atoms with Gasteiger partial charge in [0.05, 0.1) is 6.61 Å². The summed E-state index contributed by atoms with van der Waals surface area (Å²) < 4.78 is 6.08. The predicted octanol–water partition coefficient (Wildman–Crippen LogP) is 6.42. The number of ether oxygens (including phenoxy) is 1. The van der Waals surface area contributed by atoms with Crippen LogP contribution in [0.5, 0.6) is 5.75 Å². The minimum atomic E-state index is -0.930. The van der Waals surface area contributed by atoms with Gasteiger partial charge >= 0.3 is 5.97 Å². The van der Waals surface area contributed by atoms with Crippen LogP contribution in [0.4, 0.5) is 0 Å². The number of rotatable bonds is 7. The van der Waals surface area contributed by atoms with Gasteiger partial charge in [0.2, 0.25) is 0 Å². The average molecular weight is 383 g/mol. The van der Waals surface area contributed by atoms with E-state index in [4.69, 9.17) is 9.84 Å². The Balaban J connectivity index is 2.43. The third-order valence-corrected chi connectivity index (χ3v) is 5.54. The Morgan fingerprint density at radius 3 is 2.29 bits per heavy atom. The standard InChI is InChI=1S/C25H34O3/c1-7-14-28-22-17-21-20(24(3,4)12-13-25(21,5)6)16-19(22)11-9-8-10-18(2)15-23(26)27/h8-11,15-17H,7,12-14H2,1-6H3,(H,26,27). The number of carboxylic acids is 1. The molecule has 1 aromatic rings. The fourth-order valence-electron chi connectivity index (χ4n) is 3.69. The lowest BCUT2D eigenvalue weighted by Gasteiger charge is -2.42. The maximum atomic E-state index is 10.7. The highest BCUT2D eigenvalue weighted by atomic mass is 16.5. The summed E-state index contributed by atoms with van der Waals surface area (Å²) in [5, 5.41) is 8.80. The molecule has 0 bridgehead atoms. The molecule has 0 radical (unpaired) electrons. The van der Waals surface area contributed by atoms with Gasteiger partial charge in [-0.1, -0.05) is 58.9 Å². The normalized spacial score (nSPS) is 18.4. The molecule has 0 aromatic heterocycles. The molecule has 0 saturated carbocycles. The second-order valence-electron chi connectivity index (χ2n) is 9.00. The summed E-state index contributed by atoms with van der Waals surface area (Å²) >= 11 is 0. The van der Waals surface area contributed by atoms with Gasteiger partial charge in [0.15, 0.2) is 0 Å². The fourth-order valence-corrected chi connectivity index (χ4v) is 3.69. The second kappa shape index (κ2) is 8.81. The maximum absolute atomic E-state index is 10.7. The number of aliphatic carboxylic acids is 1. The fraction of sp³-hybridized carbons (Fsp3) is 0.480. The van der Waals surface area contributed by atoms with Crippen LogP contribution in [-0.2, 0) is 15.6 Å². The van der Waals surface area contributed by atoms with Gasteiger partial charge in [-0.2, -0.15) is 0 Å². The molecule has 28 heavy (non-hydrogen) atoms. The van der Waals surface area contributed by atoms with Crippen molar-refractivity contribution < 1.29 is 14.6 Å². The highest BCUT2D eigenvalue weighted by molar-refractivity contribution is 5.81. The molecule has 0 spiro atoms. The molecule has 0 unspecified atom stereocenters. The number of allylic oxidation sites excluding steroid dienone is 4. The molecule has 0 saturated heterocycles.